The van der Waals surface area contributed by atoms with E-state index in [9.17, 15) is 0 Å². The Bertz CT molecular complexity index is 336. The molecule has 0 saturated heterocycles. The van der Waals surface area contributed by atoms with E-state index in [0.29, 0.717) is 17.8 Å². The van der Waals surface area contributed by atoms with Crippen LogP contribution in [0.4, 0.5) is 5.95 Å². The summed E-state index contributed by atoms with van der Waals surface area (Å²) in [5.74, 6) is 1.65. The van der Waals surface area contributed by atoms with Gasteiger partial charge in [0.05, 0.1) is 0 Å². The number of aryl methyl sites for hydroxylation is 1. The maximum atomic E-state index is 5.69. The van der Waals surface area contributed by atoms with Crippen molar-refractivity contribution in [1.82, 2.24) is 9.97 Å². The molecule has 0 aromatic carbocycles. The summed E-state index contributed by atoms with van der Waals surface area (Å²) in [4.78, 5) is 8.45. The number of nitrogens with zero attached hydrogens (tertiary/aromatic N) is 2. The van der Waals surface area contributed by atoms with E-state index in [0.717, 1.165) is 17.9 Å². The van der Waals surface area contributed by atoms with Crippen LogP contribution >= 0.6 is 0 Å². The summed E-state index contributed by atoms with van der Waals surface area (Å²) in [5.41, 5.74) is 13.4. The van der Waals surface area contributed by atoms with Crippen LogP contribution in [0.5, 0.6) is 0 Å². The highest BCUT2D eigenvalue weighted by molar-refractivity contribution is 5.24. The number of anilines is 1. The normalized spacial score (nSPS) is 25.6. The Hall–Kier alpha value is -1.16. The van der Waals surface area contributed by atoms with E-state index >= 15 is 0 Å². The molecule has 4 heteroatoms. The van der Waals surface area contributed by atoms with Gasteiger partial charge in [-0.2, -0.15) is 0 Å². The molecule has 1 aromatic rings. The predicted octanol–water partition coefficient (Wildman–Crippen LogP) is 1.60. The first kappa shape index (κ1) is 11.3. The second kappa shape index (κ2) is 4.78. The second-order valence-electron chi connectivity index (χ2n) is 4.75. The Labute approximate surface area is 96.5 Å². The molecule has 1 heterocycles. The monoisotopic (exact) mass is 220 g/mol. The number of nitrogen functional groups attached to an aromatic ring is 1. The summed E-state index contributed by atoms with van der Waals surface area (Å²) in [6.07, 6.45) is 4.78. The zero-order valence-corrected chi connectivity index (χ0v) is 9.82. The van der Waals surface area contributed by atoms with E-state index in [-0.39, 0.29) is 0 Å². The summed E-state index contributed by atoms with van der Waals surface area (Å²) in [6.45, 7) is 2.78. The highest BCUT2D eigenvalue weighted by atomic mass is 15.0. The quantitative estimate of drug-likeness (QED) is 0.793. The lowest BCUT2D eigenvalue weighted by Crippen LogP contribution is -2.21. The fourth-order valence-corrected chi connectivity index (χ4v) is 2.52. The van der Waals surface area contributed by atoms with Gasteiger partial charge in [-0.25, -0.2) is 9.97 Å². The predicted molar refractivity (Wildman–Crippen MR) is 64.9 cm³/mol. The molecule has 4 nitrogen and oxygen atoms in total. The van der Waals surface area contributed by atoms with Crippen LogP contribution in [-0.4, -0.2) is 16.5 Å². The molecule has 4 N–H and O–H groups in total. The third kappa shape index (κ3) is 2.50. The molecule has 16 heavy (non-hydrogen) atoms. The van der Waals surface area contributed by atoms with Crippen molar-refractivity contribution >= 4 is 5.95 Å². The first-order chi connectivity index (χ1) is 7.69. The molecule has 0 bridgehead atoms. The second-order valence-corrected chi connectivity index (χ2v) is 4.75. The van der Waals surface area contributed by atoms with Crippen molar-refractivity contribution in [2.75, 3.05) is 12.3 Å². The molecule has 1 aliphatic carbocycles. The summed E-state index contributed by atoms with van der Waals surface area (Å²) < 4.78 is 0. The van der Waals surface area contributed by atoms with Gasteiger partial charge < -0.3 is 11.5 Å². The standard InChI is InChI=1S/C12H20N4/c1-8-6-11(16-12(14)15-8)10-4-2-9(7-13)3-5-10/h6,9-10H,2-5,7,13H2,1H3,(H2,14,15,16). The fourth-order valence-electron chi connectivity index (χ4n) is 2.52. The molecule has 1 aliphatic rings. The van der Waals surface area contributed by atoms with Crippen LogP contribution in [0.15, 0.2) is 6.07 Å². The van der Waals surface area contributed by atoms with Gasteiger partial charge in [0.25, 0.3) is 0 Å². The van der Waals surface area contributed by atoms with Gasteiger partial charge in [0.15, 0.2) is 0 Å². The lowest BCUT2D eigenvalue weighted by molar-refractivity contribution is 0.329. The lowest BCUT2D eigenvalue weighted by Gasteiger charge is -2.27. The minimum absolute atomic E-state index is 0.399. The molecular formula is C12H20N4. The van der Waals surface area contributed by atoms with Crippen molar-refractivity contribution in [1.29, 1.82) is 0 Å². The average molecular weight is 220 g/mol. The van der Waals surface area contributed by atoms with Gasteiger partial charge in [0.1, 0.15) is 0 Å². The van der Waals surface area contributed by atoms with E-state index in [1.165, 1.54) is 25.7 Å². The maximum absolute atomic E-state index is 5.69. The van der Waals surface area contributed by atoms with Gasteiger partial charge in [-0.15, -0.1) is 0 Å². The number of rotatable bonds is 2. The van der Waals surface area contributed by atoms with Crippen LogP contribution in [0.25, 0.3) is 0 Å². The number of nitrogens with two attached hydrogens (primary N) is 2. The van der Waals surface area contributed by atoms with Crippen LogP contribution in [0.1, 0.15) is 43.0 Å². The zero-order chi connectivity index (χ0) is 11.5. The molecule has 0 aliphatic heterocycles. The molecule has 1 aromatic heterocycles. The Morgan fingerprint density at radius 3 is 2.50 bits per heavy atom. The van der Waals surface area contributed by atoms with Crippen LogP contribution in [0.2, 0.25) is 0 Å². The Morgan fingerprint density at radius 1 is 1.25 bits per heavy atom. The SMILES string of the molecule is Cc1cc(C2CCC(CN)CC2)nc(N)n1. The molecule has 0 radical (unpaired) electrons. The molecule has 0 amide bonds. The minimum Gasteiger partial charge on any atom is -0.368 e. The van der Waals surface area contributed by atoms with Gasteiger partial charge in [-0.1, -0.05) is 0 Å². The van der Waals surface area contributed by atoms with E-state index in [2.05, 4.69) is 16.0 Å². The molecule has 0 unspecified atom stereocenters. The highest BCUT2D eigenvalue weighted by Gasteiger charge is 2.22. The first-order valence-corrected chi connectivity index (χ1v) is 6.00. The van der Waals surface area contributed by atoms with Crippen molar-refractivity contribution in [3.05, 3.63) is 17.5 Å². The number of hydrogen-bond donors (Lipinski definition) is 2. The van der Waals surface area contributed by atoms with Crippen LogP contribution < -0.4 is 11.5 Å². The van der Waals surface area contributed by atoms with Gasteiger partial charge in [0, 0.05) is 17.3 Å². The highest BCUT2D eigenvalue weighted by Crippen LogP contribution is 2.34. The van der Waals surface area contributed by atoms with Crippen molar-refractivity contribution in [2.45, 2.75) is 38.5 Å². The van der Waals surface area contributed by atoms with E-state index in [1.54, 1.807) is 0 Å². The molecule has 2 rings (SSSR count). The molecule has 88 valence electrons. The topological polar surface area (TPSA) is 77.8 Å². The largest absolute Gasteiger partial charge is 0.368 e. The Balaban J connectivity index is 2.08. The number of hydrogen-bond acceptors (Lipinski definition) is 4. The average Bonchev–Trinajstić information content (AvgIpc) is 2.28. The van der Waals surface area contributed by atoms with Crippen molar-refractivity contribution in [3.8, 4) is 0 Å². The molecular weight excluding hydrogens is 200 g/mol. The van der Waals surface area contributed by atoms with Crippen molar-refractivity contribution in [3.63, 3.8) is 0 Å². The minimum atomic E-state index is 0.399. The summed E-state index contributed by atoms with van der Waals surface area (Å²) in [5, 5.41) is 0. The van der Waals surface area contributed by atoms with Gasteiger partial charge in [-0.05, 0) is 51.1 Å². The third-order valence-electron chi connectivity index (χ3n) is 3.49. The Morgan fingerprint density at radius 2 is 1.94 bits per heavy atom. The molecule has 1 saturated carbocycles. The summed E-state index contributed by atoms with van der Waals surface area (Å²) in [7, 11) is 0. The number of aromatic nitrogens is 2. The lowest BCUT2D eigenvalue weighted by atomic mass is 9.80. The first-order valence-electron chi connectivity index (χ1n) is 6.00. The third-order valence-corrected chi connectivity index (χ3v) is 3.49. The van der Waals surface area contributed by atoms with Crippen LogP contribution in [0.3, 0.4) is 0 Å². The van der Waals surface area contributed by atoms with Gasteiger partial charge >= 0.3 is 0 Å². The van der Waals surface area contributed by atoms with Crippen molar-refractivity contribution < 1.29 is 0 Å². The van der Waals surface area contributed by atoms with Crippen LogP contribution in [0, 0.1) is 12.8 Å². The van der Waals surface area contributed by atoms with Crippen molar-refractivity contribution in [2.24, 2.45) is 11.7 Å². The van der Waals surface area contributed by atoms with Gasteiger partial charge in [-0.3, -0.25) is 0 Å². The van der Waals surface area contributed by atoms with E-state index in [4.69, 9.17) is 11.5 Å². The fraction of sp³-hybridized carbons (Fsp3) is 0.667. The molecule has 1 fully saturated rings. The molecule has 0 spiro atoms. The van der Waals surface area contributed by atoms with E-state index < -0.39 is 0 Å². The zero-order valence-electron chi connectivity index (χ0n) is 9.82. The Kier molecular flexibility index (Phi) is 3.39. The van der Waals surface area contributed by atoms with E-state index in [1.807, 2.05) is 6.92 Å². The smallest absolute Gasteiger partial charge is 0.220 e. The summed E-state index contributed by atoms with van der Waals surface area (Å²) >= 11 is 0. The summed E-state index contributed by atoms with van der Waals surface area (Å²) in [6, 6.07) is 2.06. The van der Waals surface area contributed by atoms with Crippen LogP contribution in [-0.2, 0) is 0 Å². The maximum Gasteiger partial charge on any atom is 0.220 e. The van der Waals surface area contributed by atoms with Gasteiger partial charge in [0.2, 0.25) is 5.95 Å². The molecule has 0 atom stereocenters.